The molecule has 1 heterocycles. The third-order valence-corrected chi connectivity index (χ3v) is 6.53. The van der Waals surface area contributed by atoms with Gasteiger partial charge in [-0.05, 0) is 36.5 Å². The standard InChI is InChI=1S/C31H38N4O4/c1-20(2)17-35(18-21(3)4)19-25(22(5)33-34-27(36)15-16-32)28(23-11-7-6-8-12-23)29-30(37)24-13-9-10-14-26(24)39-31(29)38/h6-14,20-21,25,28,37H,15,17-19H2,1-5H3,(H,34,36)/b33-22-/t25-,28+/m0/s1. The van der Waals surface area contributed by atoms with Crippen molar-refractivity contribution in [2.24, 2.45) is 22.9 Å². The van der Waals surface area contributed by atoms with E-state index in [4.69, 9.17) is 9.68 Å². The molecule has 0 aliphatic rings. The Kier molecular flexibility index (Phi) is 10.4. The number of benzene rings is 2. The second kappa shape index (κ2) is 13.7. The van der Waals surface area contributed by atoms with Gasteiger partial charge in [-0.1, -0.05) is 70.2 Å². The minimum absolute atomic E-state index is 0.124. The molecule has 8 nitrogen and oxygen atoms in total. The molecule has 1 amide bonds. The van der Waals surface area contributed by atoms with Crippen molar-refractivity contribution in [2.75, 3.05) is 19.6 Å². The number of rotatable bonds is 12. The van der Waals surface area contributed by atoms with Gasteiger partial charge in [-0.25, -0.2) is 10.2 Å². The van der Waals surface area contributed by atoms with Gasteiger partial charge in [-0.3, -0.25) is 4.79 Å². The Morgan fingerprint density at radius 3 is 2.26 bits per heavy atom. The number of hydrazone groups is 1. The smallest absolute Gasteiger partial charge is 0.343 e. The molecule has 0 spiro atoms. The van der Waals surface area contributed by atoms with E-state index in [1.54, 1.807) is 31.2 Å². The summed E-state index contributed by atoms with van der Waals surface area (Å²) >= 11 is 0. The third-order valence-electron chi connectivity index (χ3n) is 6.53. The number of carbonyl (C=O) groups is 1. The molecule has 0 fully saturated rings. The molecule has 3 aromatic rings. The maximum absolute atomic E-state index is 13.5. The number of amides is 1. The lowest BCUT2D eigenvalue weighted by Gasteiger charge is -2.34. The van der Waals surface area contributed by atoms with Crippen molar-refractivity contribution in [3.63, 3.8) is 0 Å². The van der Waals surface area contributed by atoms with Gasteiger partial charge < -0.3 is 14.4 Å². The molecule has 39 heavy (non-hydrogen) atoms. The largest absolute Gasteiger partial charge is 0.507 e. The van der Waals surface area contributed by atoms with Crippen LogP contribution in [0.15, 0.2) is 68.9 Å². The minimum Gasteiger partial charge on any atom is -0.507 e. The molecular weight excluding hydrogens is 492 g/mol. The van der Waals surface area contributed by atoms with E-state index in [0.717, 1.165) is 18.7 Å². The van der Waals surface area contributed by atoms with Gasteiger partial charge in [0.15, 0.2) is 0 Å². The minimum atomic E-state index is -0.620. The topological polar surface area (TPSA) is 119 Å². The second-order valence-electron chi connectivity index (χ2n) is 10.8. The lowest BCUT2D eigenvalue weighted by atomic mass is 9.78. The van der Waals surface area contributed by atoms with E-state index < -0.39 is 23.4 Å². The second-order valence-corrected chi connectivity index (χ2v) is 10.8. The Bertz CT molecular complexity index is 1380. The van der Waals surface area contributed by atoms with E-state index in [9.17, 15) is 14.7 Å². The Balaban J connectivity index is 2.25. The number of fused-ring (bicyclic) bond motifs is 1. The summed E-state index contributed by atoms with van der Waals surface area (Å²) in [5.74, 6) is -0.882. The highest BCUT2D eigenvalue weighted by Crippen LogP contribution is 2.39. The molecule has 0 aliphatic heterocycles. The summed E-state index contributed by atoms with van der Waals surface area (Å²) in [7, 11) is 0. The van der Waals surface area contributed by atoms with Crippen molar-refractivity contribution in [3.05, 3.63) is 76.1 Å². The van der Waals surface area contributed by atoms with E-state index in [-0.39, 0.29) is 17.7 Å². The fraction of sp³-hybridized carbons (Fsp3) is 0.419. The maximum Gasteiger partial charge on any atom is 0.343 e. The molecule has 206 valence electrons. The molecular formula is C31H38N4O4. The summed E-state index contributed by atoms with van der Waals surface area (Å²) in [6.07, 6.45) is -0.314. The van der Waals surface area contributed by atoms with Crippen molar-refractivity contribution >= 4 is 22.6 Å². The van der Waals surface area contributed by atoms with Gasteiger partial charge in [-0.2, -0.15) is 10.4 Å². The van der Waals surface area contributed by atoms with E-state index >= 15 is 0 Å². The molecule has 1 aromatic heterocycles. The molecule has 0 saturated heterocycles. The van der Waals surface area contributed by atoms with Gasteiger partial charge in [0.2, 0.25) is 0 Å². The highest BCUT2D eigenvalue weighted by Gasteiger charge is 2.35. The molecule has 8 heteroatoms. The van der Waals surface area contributed by atoms with Crippen molar-refractivity contribution in [2.45, 2.75) is 47.0 Å². The highest BCUT2D eigenvalue weighted by atomic mass is 16.4. The predicted octanol–water partition coefficient (Wildman–Crippen LogP) is 5.27. The quantitative estimate of drug-likeness (QED) is 0.187. The van der Waals surface area contributed by atoms with Crippen LogP contribution in [0.3, 0.4) is 0 Å². The molecule has 3 rings (SSSR count). The summed E-state index contributed by atoms with van der Waals surface area (Å²) in [6.45, 7) is 12.6. The molecule has 2 N–H and O–H groups in total. The molecule has 0 radical (unpaired) electrons. The van der Waals surface area contributed by atoms with E-state index in [1.165, 1.54) is 0 Å². The molecule has 2 atom stereocenters. The van der Waals surface area contributed by atoms with Crippen LogP contribution in [0.25, 0.3) is 11.0 Å². The van der Waals surface area contributed by atoms with Crippen LogP contribution in [-0.4, -0.2) is 41.3 Å². The fourth-order valence-corrected chi connectivity index (χ4v) is 5.04. The van der Waals surface area contributed by atoms with Crippen LogP contribution in [-0.2, 0) is 4.79 Å². The van der Waals surface area contributed by atoms with Gasteiger partial charge in [0.25, 0.3) is 5.91 Å². The average molecular weight is 531 g/mol. The van der Waals surface area contributed by atoms with Crippen LogP contribution >= 0.6 is 0 Å². The van der Waals surface area contributed by atoms with Crippen LogP contribution in [0.1, 0.15) is 58.1 Å². The van der Waals surface area contributed by atoms with E-state index in [0.29, 0.717) is 35.1 Å². The van der Waals surface area contributed by atoms with Crippen LogP contribution in [0.4, 0.5) is 0 Å². The zero-order valence-electron chi connectivity index (χ0n) is 23.3. The number of nitrogens with one attached hydrogen (secondary N) is 1. The first kappa shape index (κ1) is 29.6. The zero-order valence-corrected chi connectivity index (χ0v) is 23.3. The van der Waals surface area contributed by atoms with Crippen molar-refractivity contribution in [1.82, 2.24) is 10.3 Å². The third kappa shape index (κ3) is 7.78. The summed E-state index contributed by atoms with van der Waals surface area (Å²) < 4.78 is 5.70. The summed E-state index contributed by atoms with van der Waals surface area (Å²) in [6, 6.07) is 18.2. The Labute approximate surface area is 229 Å². The predicted molar refractivity (Wildman–Crippen MR) is 154 cm³/mol. The number of aromatic hydroxyl groups is 1. The first-order valence-electron chi connectivity index (χ1n) is 13.3. The first-order valence-corrected chi connectivity index (χ1v) is 13.3. The highest BCUT2D eigenvalue weighted by molar-refractivity contribution is 5.89. The number of carbonyl (C=O) groups excluding carboxylic acids is 1. The maximum atomic E-state index is 13.5. The van der Waals surface area contributed by atoms with E-state index in [1.807, 2.05) is 36.4 Å². The van der Waals surface area contributed by atoms with Gasteiger partial charge in [-0.15, -0.1) is 0 Å². The van der Waals surface area contributed by atoms with Gasteiger partial charge in [0, 0.05) is 37.2 Å². The summed E-state index contributed by atoms with van der Waals surface area (Å²) in [4.78, 5) is 27.9. The van der Waals surface area contributed by atoms with Crippen LogP contribution < -0.4 is 11.1 Å². The molecule has 0 aliphatic carbocycles. The van der Waals surface area contributed by atoms with Crippen LogP contribution in [0.5, 0.6) is 5.75 Å². The van der Waals surface area contributed by atoms with Crippen LogP contribution in [0, 0.1) is 29.1 Å². The molecule has 0 saturated carbocycles. The molecule has 0 bridgehead atoms. The number of hydrogen-bond donors (Lipinski definition) is 2. The Hall–Kier alpha value is -3.96. The van der Waals surface area contributed by atoms with E-state index in [2.05, 4.69) is 43.1 Å². The van der Waals surface area contributed by atoms with Gasteiger partial charge in [0.05, 0.1) is 17.0 Å². The van der Waals surface area contributed by atoms with Crippen molar-refractivity contribution in [3.8, 4) is 11.8 Å². The number of nitrogens with zero attached hydrogens (tertiary/aromatic N) is 3. The zero-order chi connectivity index (χ0) is 28.5. The normalized spacial score (nSPS) is 13.6. The Morgan fingerprint density at radius 2 is 1.64 bits per heavy atom. The molecule has 2 aromatic carbocycles. The summed E-state index contributed by atoms with van der Waals surface area (Å²) in [5, 5.41) is 25.2. The first-order chi connectivity index (χ1) is 18.6. The number of hydrogen-bond acceptors (Lipinski definition) is 7. The number of nitriles is 1. The summed E-state index contributed by atoms with van der Waals surface area (Å²) in [5.41, 5.74) is 3.70. The monoisotopic (exact) mass is 530 g/mol. The average Bonchev–Trinajstić information content (AvgIpc) is 2.88. The van der Waals surface area contributed by atoms with Crippen molar-refractivity contribution in [1.29, 1.82) is 5.26 Å². The fourth-order valence-electron chi connectivity index (χ4n) is 5.04. The molecule has 0 unspecified atom stereocenters. The Morgan fingerprint density at radius 1 is 1.03 bits per heavy atom. The SMILES string of the molecule is C/C(=N/NC(=O)CC#N)[C@H](CN(CC(C)C)CC(C)C)[C@@H](c1ccccc1)c1c(O)c2ccccc2oc1=O. The van der Waals surface area contributed by atoms with Gasteiger partial charge >= 0.3 is 5.63 Å². The van der Waals surface area contributed by atoms with Gasteiger partial charge in [0.1, 0.15) is 17.8 Å². The number of para-hydroxylation sites is 1. The van der Waals surface area contributed by atoms with Crippen LogP contribution in [0.2, 0.25) is 0 Å². The lowest BCUT2D eigenvalue weighted by molar-refractivity contribution is -0.120. The lowest BCUT2D eigenvalue weighted by Crippen LogP contribution is -2.41. The van der Waals surface area contributed by atoms with Crippen molar-refractivity contribution < 1.29 is 14.3 Å².